The van der Waals surface area contributed by atoms with Gasteiger partial charge < -0.3 is 20.3 Å². The Morgan fingerprint density at radius 1 is 1.39 bits per heavy atom. The summed E-state index contributed by atoms with van der Waals surface area (Å²) in [4.78, 5) is 14.2. The predicted molar refractivity (Wildman–Crippen MR) is 95.9 cm³/mol. The standard InChI is InChI=1S/C16H24ClN3O2.ClH/c1-13-14(17)4-2-5-15(13)22-12-16(21)19-6-3-9-20-10-7-18-8-11-20;/h2,4-5,18H,3,6-12H2,1H3,(H,19,21);1H. The summed E-state index contributed by atoms with van der Waals surface area (Å²) >= 11 is 6.02. The molecule has 1 aromatic carbocycles. The lowest BCUT2D eigenvalue weighted by Crippen LogP contribution is -2.44. The molecule has 1 fully saturated rings. The van der Waals surface area contributed by atoms with E-state index >= 15 is 0 Å². The average Bonchev–Trinajstić information content (AvgIpc) is 2.54. The highest BCUT2D eigenvalue weighted by atomic mass is 35.5. The second-order valence-corrected chi connectivity index (χ2v) is 5.85. The van der Waals surface area contributed by atoms with Gasteiger partial charge in [0, 0.05) is 43.3 Å². The number of hydrogen-bond acceptors (Lipinski definition) is 4. The zero-order chi connectivity index (χ0) is 15.8. The Hall–Kier alpha value is -1.01. The van der Waals surface area contributed by atoms with Crippen LogP contribution in [0.4, 0.5) is 0 Å². The zero-order valence-electron chi connectivity index (χ0n) is 13.4. The van der Waals surface area contributed by atoms with E-state index in [-0.39, 0.29) is 24.9 Å². The van der Waals surface area contributed by atoms with Crippen LogP contribution in [0.3, 0.4) is 0 Å². The van der Waals surface area contributed by atoms with Crippen LogP contribution < -0.4 is 15.4 Å². The van der Waals surface area contributed by atoms with Gasteiger partial charge in [-0.25, -0.2) is 0 Å². The average molecular weight is 362 g/mol. The van der Waals surface area contributed by atoms with Crippen LogP contribution in [-0.2, 0) is 4.79 Å². The highest BCUT2D eigenvalue weighted by molar-refractivity contribution is 6.31. The molecule has 1 amide bonds. The maximum absolute atomic E-state index is 11.8. The van der Waals surface area contributed by atoms with Gasteiger partial charge in [0.1, 0.15) is 5.75 Å². The van der Waals surface area contributed by atoms with Crippen LogP contribution in [0.1, 0.15) is 12.0 Å². The van der Waals surface area contributed by atoms with E-state index in [4.69, 9.17) is 16.3 Å². The molecule has 130 valence electrons. The lowest BCUT2D eigenvalue weighted by atomic mass is 10.2. The van der Waals surface area contributed by atoms with Gasteiger partial charge in [-0.05, 0) is 32.0 Å². The third-order valence-corrected chi connectivity index (χ3v) is 4.17. The monoisotopic (exact) mass is 361 g/mol. The van der Waals surface area contributed by atoms with Crippen molar-refractivity contribution < 1.29 is 9.53 Å². The van der Waals surface area contributed by atoms with Crippen molar-refractivity contribution in [2.45, 2.75) is 13.3 Å². The number of hydrogen-bond donors (Lipinski definition) is 2. The maximum atomic E-state index is 11.8. The van der Waals surface area contributed by atoms with E-state index in [9.17, 15) is 4.79 Å². The molecule has 5 nitrogen and oxygen atoms in total. The number of halogens is 2. The fraction of sp³-hybridized carbons (Fsp3) is 0.562. The minimum Gasteiger partial charge on any atom is -0.483 e. The summed E-state index contributed by atoms with van der Waals surface area (Å²) in [7, 11) is 0. The quantitative estimate of drug-likeness (QED) is 0.727. The Morgan fingerprint density at radius 2 is 2.13 bits per heavy atom. The second kappa shape index (κ2) is 10.7. The first-order valence-corrected chi connectivity index (χ1v) is 8.12. The molecule has 2 N–H and O–H groups in total. The van der Waals surface area contributed by atoms with Crippen LogP contribution >= 0.6 is 24.0 Å². The molecule has 1 aliphatic rings. The van der Waals surface area contributed by atoms with Crippen LogP contribution in [0, 0.1) is 6.92 Å². The van der Waals surface area contributed by atoms with Crippen molar-refractivity contribution in [1.82, 2.24) is 15.5 Å². The number of nitrogens with zero attached hydrogens (tertiary/aromatic N) is 1. The topological polar surface area (TPSA) is 53.6 Å². The van der Waals surface area contributed by atoms with Gasteiger partial charge in [-0.2, -0.15) is 0 Å². The molecular formula is C16H25Cl2N3O2. The molecule has 1 heterocycles. The van der Waals surface area contributed by atoms with E-state index in [1.807, 2.05) is 19.1 Å². The third kappa shape index (κ3) is 6.96. The van der Waals surface area contributed by atoms with Crippen LogP contribution in [0.25, 0.3) is 0 Å². The molecular weight excluding hydrogens is 337 g/mol. The number of nitrogens with one attached hydrogen (secondary N) is 2. The highest BCUT2D eigenvalue weighted by Gasteiger charge is 2.09. The van der Waals surface area contributed by atoms with Gasteiger partial charge in [0.2, 0.25) is 0 Å². The van der Waals surface area contributed by atoms with E-state index in [0.717, 1.165) is 44.7 Å². The lowest BCUT2D eigenvalue weighted by molar-refractivity contribution is -0.123. The highest BCUT2D eigenvalue weighted by Crippen LogP contribution is 2.24. The minimum absolute atomic E-state index is 0. The van der Waals surface area contributed by atoms with Crippen LogP contribution in [0.15, 0.2) is 18.2 Å². The Balaban J connectivity index is 0.00000264. The first-order chi connectivity index (χ1) is 10.7. The molecule has 0 saturated carbocycles. The lowest BCUT2D eigenvalue weighted by Gasteiger charge is -2.27. The van der Waals surface area contributed by atoms with Crippen molar-refractivity contribution in [3.05, 3.63) is 28.8 Å². The van der Waals surface area contributed by atoms with Gasteiger partial charge in [-0.15, -0.1) is 12.4 Å². The Bertz CT molecular complexity index is 494. The van der Waals surface area contributed by atoms with Gasteiger partial charge >= 0.3 is 0 Å². The first-order valence-electron chi connectivity index (χ1n) is 7.74. The first kappa shape index (κ1) is 20.0. The number of amides is 1. The van der Waals surface area contributed by atoms with E-state index in [2.05, 4.69) is 15.5 Å². The molecule has 0 aromatic heterocycles. The van der Waals surface area contributed by atoms with Crippen molar-refractivity contribution in [2.24, 2.45) is 0 Å². The number of rotatable bonds is 7. The molecule has 23 heavy (non-hydrogen) atoms. The summed E-state index contributed by atoms with van der Waals surface area (Å²) in [5.41, 5.74) is 0.857. The number of benzene rings is 1. The summed E-state index contributed by atoms with van der Waals surface area (Å²) in [6.45, 7) is 7.89. The number of piperazine rings is 1. The molecule has 0 spiro atoms. The van der Waals surface area contributed by atoms with Crippen LogP contribution in [0.2, 0.25) is 5.02 Å². The Morgan fingerprint density at radius 3 is 2.87 bits per heavy atom. The molecule has 0 unspecified atom stereocenters. The molecule has 0 atom stereocenters. The summed E-state index contributed by atoms with van der Waals surface area (Å²) in [5.74, 6) is 0.558. The van der Waals surface area contributed by atoms with Gasteiger partial charge in [0.15, 0.2) is 6.61 Å². The fourth-order valence-electron chi connectivity index (χ4n) is 2.40. The summed E-state index contributed by atoms with van der Waals surface area (Å²) in [6, 6.07) is 5.44. The predicted octanol–water partition coefficient (Wildman–Crippen LogP) is 1.86. The summed E-state index contributed by atoms with van der Waals surface area (Å²) in [6.07, 6.45) is 0.960. The number of carbonyl (C=O) groups is 1. The summed E-state index contributed by atoms with van der Waals surface area (Å²) in [5, 5.41) is 6.86. The Kier molecular flexibility index (Phi) is 9.33. The van der Waals surface area contributed by atoms with Crippen LogP contribution in [0.5, 0.6) is 5.75 Å². The van der Waals surface area contributed by atoms with E-state index in [0.29, 0.717) is 17.3 Å². The minimum atomic E-state index is -0.0975. The SMILES string of the molecule is Cc1c(Cl)cccc1OCC(=O)NCCCN1CCNCC1.Cl. The van der Waals surface area contributed by atoms with Crippen molar-refractivity contribution in [3.63, 3.8) is 0 Å². The van der Waals surface area contributed by atoms with Gasteiger partial charge in [-0.3, -0.25) is 4.79 Å². The molecule has 1 aromatic rings. The van der Waals surface area contributed by atoms with Crippen molar-refractivity contribution in [2.75, 3.05) is 45.9 Å². The van der Waals surface area contributed by atoms with Gasteiger partial charge in [0.05, 0.1) is 0 Å². The Labute approximate surface area is 149 Å². The van der Waals surface area contributed by atoms with Crippen LogP contribution in [-0.4, -0.2) is 56.7 Å². The number of carbonyl (C=O) groups excluding carboxylic acids is 1. The van der Waals surface area contributed by atoms with Gasteiger partial charge in [-0.1, -0.05) is 17.7 Å². The van der Waals surface area contributed by atoms with Crippen molar-refractivity contribution in [3.8, 4) is 5.75 Å². The number of ether oxygens (including phenoxy) is 1. The third-order valence-electron chi connectivity index (χ3n) is 3.76. The maximum Gasteiger partial charge on any atom is 0.257 e. The largest absolute Gasteiger partial charge is 0.483 e. The van der Waals surface area contributed by atoms with Crippen molar-refractivity contribution >= 4 is 29.9 Å². The van der Waals surface area contributed by atoms with Crippen molar-refractivity contribution in [1.29, 1.82) is 0 Å². The molecule has 2 rings (SSSR count). The summed E-state index contributed by atoms with van der Waals surface area (Å²) < 4.78 is 5.51. The smallest absolute Gasteiger partial charge is 0.257 e. The second-order valence-electron chi connectivity index (χ2n) is 5.45. The van der Waals surface area contributed by atoms with E-state index in [1.165, 1.54) is 0 Å². The van der Waals surface area contributed by atoms with E-state index in [1.54, 1.807) is 6.07 Å². The molecule has 0 bridgehead atoms. The van der Waals surface area contributed by atoms with E-state index < -0.39 is 0 Å². The molecule has 7 heteroatoms. The normalized spacial score (nSPS) is 14.9. The molecule has 1 aliphatic heterocycles. The van der Waals surface area contributed by atoms with Gasteiger partial charge in [0.25, 0.3) is 5.91 Å². The fourth-order valence-corrected chi connectivity index (χ4v) is 2.57. The molecule has 0 aliphatic carbocycles. The molecule has 0 radical (unpaired) electrons. The molecule has 1 saturated heterocycles. The zero-order valence-corrected chi connectivity index (χ0v) is 15.0.